The number of ether oxygens (including phenoxy) is 1. The Morgan fingerprint density at radius 3 is 2.09 bits per heavy atom. The predicted octanol–water partition coefficient (Wildman–Crippen LogP) is 7.15. The van der Waals surface area contributed by atoms with E-state index in [2.05, 4.69) is 68.5 Å². The number of hydrogen-bond acceptors (Lipinski definition) is 3. The van der Waals surface area contributed by atoms with Crippen LogP contribution < -0.4 is 4.74 Å². The van der Waals surface area contributed by atoms with Crippen molar-refractivity contribution in [3.63, 3.8) is 0 Å². The first-order valence-corrected chi connectivity index (χ1v) is 12.0. The van der Waals surface area contributed by atoms with Gasteiger partial charge in [0.15, 0.2) is 6.61 Å². The molecule has 0 aliphatic heterocycles. The monoisotopic (exact) mass is 466 g/mol. The van der Waals surface area contributed by atoms with Crippen molar-refractivity contribution >= 4 is 34.9 Å². The Bertz CT molecular complexity index is 1060. The molecule has 0 heterocycles. The number of aliphatic carboxylic acids is 1. The summed E-state index contributed by atoms with van der Waals surface area (Å²) in [6.07, 6.45) is 4.24. The molecule has 0 bridgehead atoms. The van der Waals surface area contributed by atoms with Gasteiger partial charge in [0.2, 0.25) is 0 Å². The van der Waals surface area contributed by atoms with Crippen LogP contribution in [-0.4, -0.2) is 23.4 Å². The average molecular weight is 467 g/mol. The molecule has 3 nitrogen and oxygen atoms in total. The second-order valence-corrected chi connectivity index (χ2v) is 8.73. The van der Waals surface area contributed by atoms with Crippen LogP contribution in [0.25, 0.3) is 5.57 Å². The van der Waals surface area contributed by atoms with Gasteiger partial charge in [0.25, 0.3) is 0 Å². The third kappa shape index (κ3) is 6.18. The number of aryl methyl sites for hydroxylation is 2. The molecule has 0 saturated carbocycles. The van der Waals surface area contributed by atoms with E-state index in [4.69, 9.17) is 21.4 Å². The molecule has 3 aromatic carbocycles. The summed E-state index contributed by atoms with van der Waals surface area (Å²) in [6, 6.07) is 22.6. The van der Waals surface area contributed by atoms with Gasteiger partial charge in [-0.25, -0.2) is 4.79 Å². The molecule has 0 atom stereocenters. The van der Waals surface area contributed by atoms with Gasteiger partial charge in [0, 0.05) is 10.6 Å². The van der Waals surface area contributed by atoms with Crippen molar-refractivity contribution in [2.24, 2.45) is 0 Å². The molecule has 0 fully saturated rings. The summed E-state index contributed by atoms with van der Waals surface area (Å²) < 4.78 is 5.21. The molecule has 3 rings (SSSR count). The highest BCUT2D eigenvalue weighted by Crippen LogP contribution is 2.33. The number of benzene rings is 3. The van der Waals surface area contributed by atoms with Crippen molar-refractivity contribution in [2.75, 3.05) is 12.4 Å². The van der Waals surface area contributed by atoms with Crippen LogP contribution in [0.2, 0.25) is 5.02 Å². The third-order valence-electron chi connectivity index (χ3n) is 5.17. The Morgan fingerprint density at radius 2 is 1.56 bits per heavy atom. The molecule has 5 heteroatoms. The Kier molecular flexibility index (Phi) is 8.83. The van der Waals surface area contributed by atoms with E-state index in [0.717, 1.165) is 23.5 Å². The van der Waals surface area contributed by atoms with Gasteiger partial charge in [-0.2, -0.15) is 0 Å². The normalized spacial score (nSPS) is 10.6. The maximum atomic E-state index is 10.7. The summed E-state index contributed by atoms with van der Waals surface area (Å²) in [5.74, 6) is 0.122. The van der Waals surface area contributed by atoms with Crippen LogP contribution in [0.3, 0.4) is 0 Å². The van der Waals surface area contributed by atoms with Crippen molar-refractivity contribution in [2.45, 2.75) is 31.6 Å². The van der Waals surface area contributed by atoms with Crippen LogP contribution in [0.15, 0.2) is 77.7 Å². The summed E-state index contributed by atoms with van der Waals surface area (Å²) in [7, 11) is 0. The highest BCUT2D eigenvalue weighted by Gasteiger charge is 2.12. The number of carbonyl (C=O) groups is 1. The van der Waals surface area contributed by atoms with Crippen molar-refractivity contribution in [1.82, 2.24) is 0 Å². The standard InChI is InChI=1S/C27H27ClO3S/c1-3-19-9-5-7-11-22(19)24(23-12-8-6-10-20(23)4-2)15-16-32-21-13-14-26(25(28)17-21)31-18-27(29)30/h5-15,17H,3-4,16,18H2,1-2H3,(H,29,30). The number of halogens is 1. The van der Waals surface area contributed by atoms with Crippen LogP contribution >= 0.6 is 23.4 Å². The van der Waals surface area contributed by atoms with Crippen LogP contribution in [0.5, 0.6) is 5.75 Å². The maximum Gasteiger partial charge on any atom is 0.341 e. The Hall–Kier alpha value is -2.69. The molecule has 0 unspecified atom stereocenters. The molecule has 0 aliphatic rings. The summed E-state index contributed by atoms with van der Waals surface area (Å²) in [6.45, 7) is 3.96. The molecule has 0 radical (unpaired) electrons. The van der Waals surface area contributed by atoms with Gasteiger partial charge in [0.1, 0.15) is 5.75 Å². The molecule has 1 N–H and O–H groups in total. The minimum Gasteiger partial charge on any atom is -0.480 e. The Morgan fingerprint density at radius 1 is 0.969 bits per heavy atom. The largest absolute Gasteiger partial charge is 0.480 e. The molecule has 166 valence electrons. The first-order chi connectivity index (χ1) is 15.5. The minimum absolute atomic E-state index is 0.378. The van der Waals surface area contributed by atoms with Gasteiger partial charge in [-0.05, 0) is 58.9 Å². The SMILES string of the molecule is CCc1ccccc1C(=CCSc1ccc(OCC(=O)O)c(Cl)c1)c1ccccc1CC. The van der Waals surface area contributed by atoms with Gasteiger partial charge in [-0.3, -0.25) is 0 Å². The summed E-state index contributed by atoms with van der Waals surface area (Å²) in [5, 5.41) is 9.18. The molecule has 0 spiro atoms. The van der Waals surface area contributed by atoms with Gasteiger partial charge in [-0.1, -0.05) is 80.1 Å². The minimum atomic E-state index is -1.03. The summed E-state index contributed by atoms with van der Waals surface area (Å²) in [5.41, 5.74) is 6.45. The quantitative estimate of drug-likeness (QED) is 0.322. The van der Waals surface area contributed by atoms with Gasteiger partial charge < -0.3 is 9.84 Å². The number of carboxylic acids is 1. The lowest BCUT2D eigenvalue weighted by Crippen LogP contribution is -2.09. The van der Waals surface area contributed by atoms with Crippen LogP contribution in [0.4, 0.5) is 0 Å². The van der Waals surface area contributed by atoms with E-state index >= 15 is 0 Å². The van der Waals surface area contributed by atoms with E-state index in [0.29, 0.717) is 10.8 Å². The molecular formula is C27H27ClO3S. The van der Waals surface area contributed by atoms with Crippen LogP contribution in [-0.2, 0) is 17.6 Å². The number of carboxylic acid groups (broad SMARTS) is 1. The van der Waals surface area contributed by atoms with Crippen molar-refractivity contribution in [3.05, 3.63) is 100 Å². The fourth-order valence-electron chi connectivity index (χ4n) is 3.60. The lowest BCUT2D eigenvalue weighted by atomic mass is 9.89. The molecule has 0 amide bonds. The van der Waals surface area contributed by atoms with Crippen LogP contribution in [0, 0.1) is 0 Å². The molecule has 0 saturated heterocycles. The average Bonchev–Trinajstić information content (AvgIpc) is 2.81. The number of rotatable bonds is 10. The summed E-state index contributed by atoms with van der Waals surface area (Å²) >= 11 is 7.96. The smallest absolute Gasteiger partial charge is 0.341 e. The maximum absolute atomic E-state index is 10.7. The van der Waals surface area contributed by atoms with E-state index < -0.39 is 12.6 Å². The molecular weight excluding hydrogens is 440 g/mol. The Labute approximate surface area is 199 Å². The lowest BCUT2D eigenvalue weighted by molar-refractivity contribution is -0.139. The van der Waals surface area contributed by atoms with Gasteiger partial charge in [0.05, 0.1) is 5.02 Å². The predicted molar refractivity (Wildman–Crippen MR) is 134 cm³/mol. The fraction of sp³-hybridized carbons (Fsp3) is 0.222. The lowest BCUT2D eigenvalue weighted by Gasteiger charge is -2.16. The molecule has 0 aliphatic carbocycles. The van der Waals surface area contributed by atoms with Gasteiger partial charge >= 0.3 is 5.97 Å². The first kappa shape index (κ1) is 24.0. The number of hydrogen-bond donors (Lipinski definition) is 1. The van der Waals surface area contributed by atoms with E-state index in [1.54, 1.807) is 17.8 Å². The van der Waals surface area contributed by atoms with Crippen molar-refractivity contribution in [3.8, 4) is 5.75 Å². The van der Waals surface area contributed by atoms with E-state index in [9.17, 15) is 4.79 Å². The van der Waals surface area contributed by atoms with Crippen LogP contribution in [0.1, 0.15) is 36.1 Å². The third-order valence-corrected chi connectivity index (χ3v) is 6.38. The van der Waals surface area contributed by atoms with E-state index in [1.807, 2.05) is 12.1 Å². The second-order valence-electron chi connectivity index (χ2n) is 7.22. The highest BCUT2D eigenvalue weighted by atomic mass is 35.5. The van der Waals surface area contributed by atoms with Gasteiger partial charge in [-0.15, -0.1) is 11.8 Å². The Balaban J connectivity index is 1.87. The second kappa shape index (κ2) is 11.8. The molecule has 3 aromatic rings. The van der Waals surface area contributed by atoms with E-state index in [-0.39, 0.29) is 0 Å². The van der Waals surface area contributed by atoms with Crippen molar-refractivity contribution < 1.29 is 14.6 Å². The zero-order valence-electron chi connectivity index (χ0n) is 18.3. The number of thioether (sulfide) groups is 1. The van der Waals surface area contributed by atoms with Crippen molar-refractivity contribution in [1.29, 1.82) is 0 Å². The zero-order valence-corrected chi connectivity index (χ0v) is 19.9. The molecule has 32 heavy (non-hydrogen) atoms. The zero-order chi connectivity index (χ0) is 22.9. The topological polar surface area (TPSA) is 46.5 Å². The summed E-state index contributed by atoms with van der Waals surface area (Å²) in [4.78, 5) is 11.7. The molecule has 0 aromatic heterocycles. The fourth-order valence-corrected chi connectivity index (χ4v) is 4.70. The van der Waals surface area contributed by atoms with E-state index in [1.165, 1.54) is 27.8 Å². The first-order valence-electron chi connectivity index (χ1n) is 10.7. The highest BCUT2D eigenvalue weighted by molar-refractivity contribution is 7.99.